The summed E-state index contributed by atoms with van der Waals surface area (Å²) in [6, 6.07) is 16.7. The van der Waals surface area contributed by atoms with Crippen LogP contribution in [-0.4, -0.2) is 28.1 Å². The largest absolute Gasteiger partial charge is 0.340 e. The lowest BCUT2D eigenvalue weighted by molar-refractivity contribution is -0.119. The van der Waals surface area contributed by atoms with Crippen LogP contribution < -0.4 is 10.6 Å². The molecule has 2 atom stereocenters. The third-order valence-corrected chi connectivity index (χ3v) is 6.88. The number of aromatic nitrogens is 2. The summed E-state index contributed by atoms with van der Waals surface area (Å²) in [7, 11) is 0. The number of unbranched alkanes of at least 4 members (excludes halogenated alkanes) is 3. The number of nitrogens with one attached hydrogen (secondary N) is 2. The maximum Gasteiger partial charge on any atom is 0.251 e. The van der Waals surface area contributed by atoms with Crippen molar-refractivity contribution in [2.75, 3.05) is 5.32 Å². The summed E-state index contributed by atoms with van der Waals surface area (Å²) in [5.41, 5.74) is 2.73. The topological polar surface area (TPSA) is 84.0 Å². The van der Waals surface area contributed by atoms with Gasteiger partial charge in [-0.3, -0.25) is 14.9 Å². The van der Waals surface area contributed by atoms with Crippen molar-refractivity contribution in [3.05, 3.63) is 65.7 Å². The van der Waals surface area contributed by atoms with Crippen LogP contribution in [0.2, 0.25) is 0 Å². The van der Waals surface area contributed by atoms with Crippen LogP contribution in [0, 0.1) is 5.92 Å². The SMILES string of the molecule is CCCCCCc1ccc(C(=O)N[C@@H](C(=O)Nc2nnc(-c3ccccc3)s2)[C@H](C)CC)cc1. The zero-order valence-electron chi connectivity index (χ0n) is 20.2. The van der Waals surface area contributed by atoms with Crippen molar-refractivity contribution in [1.82, 2.24) is 15.5 Å². The molecule has 0 bridgehead atoms. The highest BCUT2D eigenvalue weighted by Gasteiger charge is 2.27. The molecule has 2 aromatic carbocycles. The van der Waals surface area contributed by atoms with Crippen LogP contribution in [0.1, 0.15) is 68.8 Å². The molecule has 180 valence electrons. The fourth-order valence-corrected chi connectivity index (χ4v) is 4.41. The normalized spacial score (nSPS) is 12.7. The van der Waals surface area contributed by atoms with Crippen LogP contribution >= 0.6 is 11.3 Å². The summed E-state index contributed by atoms with van der Waals surface area (Å²) in [6.07, 6.45) is 6.63. The van der Waals surface area contributed by atoms with E-state index in [9.17, 15) is 9.59 Å². The number of benzene rings is 2. The number of hydrogen-bond donors (Lipinski definition) is 2. The molecule has 2 amide bonds. The number of amides is 2. The van der Waals surface area contributed by atoms with Gasteiger partial charge in [0.15, 0.2) is 0 Å². The Morgan fingerprint density at radius 2 is 1.68 bits per heavy atom. The molecule has 1 aromatic heterocycles. The standard InChI is InChI=1S/C27H34N4O2S/c1-4-6-7-9-12-20-15-17-21(18-16-20)24(32)28-23(19(3)5-2)25(33)29-27-31-30-26(34-27)22-13-10-8-11-14-22/h8,10-11,13-19,23H,4-7,9,12H2,1-3H3,(H,28,32)(H,29,31,33)/t19-,23-/m1/s1. The molecule has 0 radical (unpaired) electrons. The van der Waals surface area contributed by atoms with Crippen molar-refractivity contribution in [1.29, 1.82) is 0 Å². The Balaban J connectivity index is 1.62. The first kappa shape index (κ1) is 25.6. The molecule has 0 saturated carbocycles. The molecule has 3 aromatic rings. The summed E-state index contributed by atoms with van der Waals surface area (Å²) in [5, 5.41) is 15.2. The average Bonchev–Trinajstić information content (AvgIpc) is 3.34. The van der Waals surface area contributed by atoms with E-state index in [-0.39, 0.29) is 17.7 Å². The van der Waals surface area contributed by atoms with E-state index in [0.29, 0.717) is 10.7 Å². The fraction of sp³-hybridized carbons (Fsp3) is 0.407. The first-order valence-electron chi connectivity index (χ1n) is 12.1. The molecule has 3 rings (SSSR count). The average molecular weight is 479 g/mol. The van der Waals surface area contributed by atoms with Crippen molar-refractivity contribution < 1.29 is 9.59 Å². The molecule has 0 unspecified atom stereocenters. The minimum atomic E-state index is -0.671. The third-order valence-electron chi connectivity index (χ3n) is 5.99. The minimum absolute atomic E-state index is 0.0386. The summed E-state index contributed by atoms with van der Waals surface area (Å²) in [5.74, 6) is -0.575. The maximum atomic E-state index is 13.1. The van der Waals surface area contributed by atoms with Gasteiger partial charge in [-0.1, -0.05) is 100 Å². The second-order valence-corrected chi connectivity index (χ2v) is 9.59. The van der Waals surface area contributed by atoms with Gasteiger partial charge in [-0.15, -0.1) is 10.2 Å². The summed E-state index contributed by atoms with van der Waals surface area (Å²) < 4.78 is 0. The lowest BCUT2D eigenvalue weighted by Gasteiger charge is -2.23. The van der Waals surface area contributed by atoms with Crippen molar-refractivity contribution in [3.63, 3.8) is 0 Å². The summed E-state index contributed by atoms with van der Waals surface area (Å²) in [6.45, 7) is 6.17. The van der Waals surface area contributed by atoms with Gasteiger partial charge in [0, 0.05) is 11.1 Å². The van der Waals surface area contributed by atoms with E-state index in [4.69, 9.17) is 0 Å². The second-order valence-electron chi connectivity index (χ2n) is 8.61. The zero-order chi connectivity index (χ0) is 24.3. The molecule has 6 nitrogen and oxygen atoms in total. The van der Waals surface area contributed by atoms with Crippen LogP contribution in [0.5, 0.6) is 0 Å². The first-order valence-corrected chi connectivity index (χ1v) is 12.9. The van der Waals surface area contributed by atoms with Crippen molar-refractivity contribution >= 4 is 28.3 Å². The lowest BCUT2D eigenvalue weighted by atomic mass is 9.97. The molecule has 0 aliphatic carbocycles. The highest BCUT2D eigenvalue weighted by atomic mass is 32.1. The van der Waals surface area contributed by atoms with Crippen LogP contribution in [0.25, 0.3) is 10.6 Å². The quantitative estimate of drug-likeness (QED) is 0.308. The number of hydrogen-bond acceptors (Lipinski definition) is 5. The molecule has 0 saturated heterocycles. The predicted molar refractivity (Wildman–Crippen MR) is 139 cm³/mol. The van der Waals surface area contributed by atoms with Crippen molar-refractivity contribution in [2.24, 2.45) is 5.92 Å². The van der Waals surface area contributed by atoms with Crippen LogP contribution in [0.3, 0.4) is 0 Å². The van der Waals surface area contributed by atoms with Crippen LogP contribution in [-0.2, 0) is 11.2 Å². The highest BCUT2D eigenvalue weighted by Crippen LogP contribution is 2.26. The van der Waals surface area contributed by atoms with Gasteiger partial charge in [0.05, 0.1) is 0 Å². The number of anilines is 1. The van der Waals surface area contributed by atoms with Gasteiger partial charge < -0.3 is 5.32 Å². The predicted octanol–water partition coefficient (Wildman–Crippen LogP) is 6.11. The van der Waals surface area contributed by atoms with E-state index in [1.54, 1.807) is 0 Å². The number of aryl methyl sites for hydroxylation is 1. The monoisotopic (exact) mass is 478 g/mol. The van der Waals surface area contributed by atoms with Gasteiger partial charge in [0.2, 0.25) is 11.0 Å². The third kappa shape index (κ3) is 7.22. The van der Waals surface area contributed by atoms with Gasteiger partial charge in [0.25, 0.3) is 5.91 Å². The fourth-order valence-electron chi connectivity index (χ4n) is 3.66. The highest BCUT2D eigenvalue weighted by molar-refractivity contribution is 7.18. The number of rotatable bonds is 12. The second kappa shape index (κ2) is 13.0. The number of carbonyl (C=O) groups is 2. The molecule has 2 N–H and O–H groups in total. The molecule has 0 aliphatic rings. The molecule has 7 heteroatoms. The number of carbonyl (C=O) groups excluding carboxylic acids is 2. The molecule has 0 fully saturated rings. The van der Waals surface area contributed by atoms with E-state index >= 15 is 0 Å². The van der Waals surface area contributed by atoms with Gasteiger partial charge in [-0.25, -0.2) is 0 Å². The van der Waals surface area contributed by atoms with E-state index in [1.807, 2.05) is 68.4 Å². The smallest absolute Gasteiger partial charge is 0.251 e. The molecule has 0 spiro atoms. The van der Waals surface area contributed by atoms with Gasteiger partial charge >= 0.3 is 0 Å². The molecule has 0 aliphatic heterocycles. The Labute approximate surface area is 206 Å². The van der Waals surface area contributed by atoms with E-state index in [0.717, 1.165) is 29.8 Å². The van der Waals surface area contributed by atoms with Gasteiger partial charge in [-0.2, -0.15) is 0 Å². The Bertz CT molecular complexity index is 1050. The lowest BCUT2D eigenvalue weighted by Crippen LogP contribution is -2.47. The molecule has 1 heterocycles. The van der Waals surface area contributed by atoms with Crippen LogP contribution in [0.15, 0.2) is 54.6 Å². The Kier molecular flexibility index (Phi) is 9.76. The maximum absolute atomic E-state index is 13.1. The Morgan fingerprint density at radius 3 is 2.35 bits per heavy atom. The van der Waals surface area contributed by atoms with E-state index < -0.39 is 6.04 Å². The zero-order valence-corrected chi connectivity index (χ0v) is 21.0. The van der Waals surface area contributed by atoms with E-state index in [1.165, 1.54) is 36.2 Å². The molecular weight excluding hydrogens is 444 g/mol. The molecule has 34 heavy (non-hydrogen) atoms. The van der Waals surface area contributed by atoms with Gasteiger partial charge in [0.1, 0.15) is 11.0 Å². The van der Waals surface area contributed by atoms with Crippen molar-refractivity contribution in [2.45, 2.75) is 65.3 Å². The number of nitrogens with zero attached hydrogens (tertiary/aromatic N) is 2. The molecular formula is C27H34N4O2S. The van der Waals surface area contributed by atoms with E-state index in [2.05, 4.69) is 27.8 Å². The first-order chi connectivity index (χ1) is 16.5. The Morgan fingerprint density at radius 1 is 0.941 bits per heavy atom. The Hall–Kier alpha value is -3.06. The van der Waals surface area contributed by atoms with Crippen molar-refractivity contribution in [3.8, 4) is 10.6 Å². The van der Waals surface area contributed by atoms with Crippen LogP contribution in [0.4, 0.5) is 5.13 Å². The minimum Gasteiger partial charge on any atom is -0.340 e. The summed E-state index contributed by atoms with van der Waals surface area (Å²) >= 11 is 1.31. The van der Waals surface area contributed by atoms with Gasteiger partial charge in [-0.05, 0) is 36.5 Å². The summed E-state index contributed by atoms with van der Waals surface area (Å²) in [4.78, 5) is 26.0.